The molecule has 11 heavy (non-hydrogen) atoms. The van der Waals surface area contributed by atoms with E-state index in [1.165, 1.54) is 0 Å². The van der Waals surface area contributed by atoms with Crippen LogP contribution >= 0.6 is 12.2 Å². The van der Waals surface area contributed by atoms with Crippen molar-refractivity contribution >= 4 is 39.0 Å². The fourth-order valence-electron chi connectivity index (χ4n) is 1.08. The molecule has 0 saturated carbocycles. The van der Waals surface area contributed by atoms with Crippen LogP contribution in [0.4, 0.5) is 0 Å². The molecule has 1 saturated heterocycles. The molecule has 1 fully saturated rings. The molecular weight excluding hydrogens is 202 g/mol. The second-order valence-corrected chi connectivity index (χ2v) is 5.84. The van der Waals surface area contributed by atoms with Crippen molar-refractivity contribution in [1.29, 1.82) is 0 Å². The van der Waals surface area contributed by atoms with Crippen molar-refractivity contribution in [2.75, 3.05) is 11.5 Å². The third-order valence-corrected chi connectivity index (χ3v) is 3.56. The lowest BCUT2D eigenvalue weighted by Crippen LogP contribution is -2.33. The molecule has 1 atom stereocenters. The van der Waals surface area contributed by atoms with E-state index >= 15 is 0 Å². The van der Waals surface area contributed by atoms with Crippen molar-refractivity contribution in [3.05, 3.63) is 0 Å². The van der Waals surface area contributed by atoms with Crippen molar-refractivity contribution in [3.8, 4) is 0 Å². The first-order valence-electron chi connectivity index (χ1n) is 3.17. The van der Waals surface area contributed by atoms with Gasteiger partial charge in [-0.25, -0.2) is 8.42 Å². The van der Waals surface area contributed by atoms with E-state index in [0.717, 1.165) is 0 Å². The fraction of sp³-hybridized carbons (Fsp3) is 0.800. The number of sulfone groups is 1. The summed E-state index contributed by atoms with van der Waals surface area (Å²) in [7, 11) is -2.81. The van der Waals surface area contributed by atoms with Gasteiger partial charge in [0.15, 0.2) is 9.84 Å². The standard InChI is InChI=1S/C5H9NO2S3/c7-11(8)2-1-4(3-11)6-5(9)10/h4H,1-3H2,(H2,6,9,10)/p-1/t4-/m0/s1. The molecule has 1 heterocycles. The average Bonchev–Trinajstić information content (AvgIpc) is 2.08. The molecule has 0 aliphatic carbocycles. The molecule has 0 unspecified atom stereocenters. The Balaban J connectivity index is 2.49. The Bertz CT molecular complexity index is 259. The Morgan fingerprint density at radius 1 is 1.64 bits per heavy atom. The van der Waals surface area contributed by atoms with Crippen LogP contribution in [0.25, 0.3) is 0 Å². The Kier molecular flexibility index (Phi) is 2.66. The Labute approximate surface area is 76.9 Å². The topological polar surface area (TPSA) is 46.2 Å². The highest BCUT2D eigenvalue weighted by Gasteiger charge is 2.26. The van der Waals surface area contributed by atoms with Crippen LogP contribution in [0.15, 0.2) is 0 Å². The second-order valence-electron chi connectivity index (χ2n) is 2.53. The maximum Gasteiger partial charge on any atom is 0.152 e. The molecule has 0 aromatic carbocycles. The summed E-state index contributed by atoms with van der Waals surface area (Å²) in [4.78, 5) is 0. The SMILES string of the molecule is O=S1(=O)CC[C@H](NC(=S)[S-])C1. The Morgan fingerprint density at radius 2 is 2.27 bits per heavy atom. The molecule has 0 amide bonds. The maximum atomic E-state index is 10.9. The molecule has 6 heteroatoms. The molecule has 0 bridgehead atoms. The molecule has 1 N–H and O–H groups in total. The predicted octanol–water partition coefficient (Wildman–Crippen LogP) is -0.405. The quantitative estimate of drug-likeness (QED) is 0.471. The van der Waals surface area contributed by atoms with Gasteiger partial charge in [-0.05, 0) is 6.42 Å². The predicted molar refractivity (Wildman–Crippen MR) is 50.2 cm³/mol. The number of nitrogens with one attached hydrogen (secondary N) is 1. The Hall–Kier alpha value is 0.0600. The maximum absolute atomic E-state index is 10.9. The van der Waals surface area contributed by atoms with Crippen LogP contribution in [0.1, 0.15) is 6.42 Å². The third-order valence-electron chi connectivity index (χ3n) is 1.55. The van der Waals surface area contributed by atoms with Gasteiger partial charge in [-0.3, -0.25) is 0 Å². The smallest absolute Gasteiger partial charge is 0.152 e. The van der Waals surface area contributed by atoms with Crippen LogP contribution in [0.5, 0.6) is 0 Å². The number of thiocarbonyl (C=S) groups is 1. The zero-order valence-electron chi connectivity index (χ0n) is 5.74. The van der Waals surface area contributed by atoms with Gasteiger partial charge in [-0.1, -0.05) is 4.32 Å². The van der Waals surface area contributed by atoms with Gasteiger partial charge in [-0.2, -0.15) is 0 Å². The van der Waals surface area contributed by atoms with Gasteiger partial charge in [0.2, 0.25) is 0 Å². The summed E-state index contributed by atoms with van der Waals surface area (Å²) in [6, 6.07) is -0.0509. The molecule has 1 rings (SSSR count). The first kappa shape index (κ1) is 9.15. The van der Waals surface area contributed by atoms with E-state index in [1.807, 2.05) is 0 Å². The zero-order valence-corrected chi connectivity index (χ0v) is 8.19. The molecule has 0 aromatic rings. The molecular formula is C5H8NO2S3-. The summed E-state index contributed by atoms with van der Waals surface area (Å²) < 4.78 is 22.1. The number of hydrogen-bond acceptors (Lipinski definition) is 4. The van der Waals surface area contributed by atoms with Gasteiger partial charge in [-0.15, -0.1) is 0 Å². The molecule has 3 nitrogen and oxygen atoms in total. The zero-order chi connectivity index (χ0) is 8.48. The molecule has 64 valence electrons. The van der Waals surface area contributed by atoms with E-state index in [4.69, 9.17) is 0 Å². The summed E-state index contributed by atoms with van der Waals surface area (Å²) in [5.41, 5.74) is 0. The number of rotatable bonds is 1. The summed E-state index contributed by atoms with van der Waals surface area (Å²) in [6.45, 7) is 0. The van der Waals surface area contributed by atoms with E-state index in [2.05, 4.69) is 30.2 Å². The van der Waals surface area contributed by atoms with Gasteiger partial charge in [0.25, 0.3) is 0 Å². The van der Waals surface area contributed by atoms with E-state index in [0.29, 0.717) is 6.42 Å². The van der Waals surface area contributed by atoms with Gasteiger partial charge in [0, 0.05) is 6.04 Å². The minimum atomic E-state index is -2.81. The van der Waals surface area contributed by atoms with Crippen molar-refractivity contribution in [3.63, 3.8) is 0 Å². The van der Waals surface area contributed by atoms with E-state index in [-0.39, 0.29) is 21.9 Å². The molecule has 0 radical (unpaired) electrons. The summed E-state index contributed by atoms with van der Waals surface area (Å²) in [5.74, 6) is 0.423. The molecule has 1 aliphatic heterocycles. The fourth-order valence-corrected chi connectivity index (χ4v) is 3.08. The monoisotopic (exact) mass is 210 g/mol. The minimum absolute atomic E-state index is 0.0509. The van der Waals surface area contributed by atoms with Crippen LogP contribution in [0.3, 0.4) is 0 Å². The number of hydrogen-bond donors (Lipinski definition) is 1. The van der Waals surface area contributed by atoms with Crippen molar-refractivity contribution < 1.29 is 8.42 Å². The van der Waals surface area contributed by atoms with Crippen LogP contribution in [-0.4, -0.2) is 30.3 Å². The van der Waals surface area contributed by atoms with Crippen LogP contribution in [0.2, 0.25) is 0 Å². The first-order valence-corrected chi connectivity index (χ1v) is 5.81. The molecule has 0 aromatic heterocycles. The lowest BCUT2D eigenvalue weighted by molar-refractivity contribution is 0.600. The van der Waals surface area contributed by atoms with Crippen LogP contribution in [0, 0.1) is 0 Å². The largest absolute Gasteiger partial charge is 0.412 e. The van der Waals surface area contributed by atoms with Crippen molar-refractivity contribution in [1.82, 2.24) is 5.32 Å². The van der Waals surface area contributed by atoms with Crippen molar-refractivity contribution in [2.24, 2.45) is 0 Å². The van der Waals surface area contributed by atoms with E-state index in [1.54, 1.807) is 0 Å². The first-order chi connectivity index (χ1) is 4.99. The lowest BCUT2D eigenvalue weighted by atomic mass is 10.3. The average molecular weight is 210 g/mol. The van der Waals surface area contributed by atoms with Gasteiger partial charge in [0.1, 0.15) is 0 Å². The normalized spacial score (nSPS) is 28.2. The summed E-state index contributed by atoms with van der Waals surface area (Å²) in [5, 5.41) is 2.76. The highest BCUT2D eigenvalue weighted by Crippen LogP contribution is 2.10. The highest BCUT2D eigenvalue weighted by atomic mass is 32.2. The Morgan fingerprint density at radius 3 is 2.64 bits per heavy atom. The second kappa shape index (κ2) is 3.20. The van der Waals surface area contributed by atoms with Gasteiger partial charge < -0.3 is 30.2 Å². The van der Waals surface area contributed by atoms with Crippen LogP contribution in [-0.2, 0) is 22.5 Å². The van der Waals surface area contributed by atoms with Crippen molar-refractivity contribution in [2.45, 2.75) is 12.5 Å². The highest BCUT2D eigenvalue weighted by molar-refractivity contribution is 8.00. The summed E-state index contributed by atoms with van der Waals surface area (Å²) in [6.07, 6.45) is 0.624. The van der Waals surface area contributed by atoms with Crippen LogP contribution < -0.4 is 5.32 Å². The van der Waals surface area contributed by atoms with Gasteiger partial charge in [0.05, 0.1) is 11.5 Å². The molecule has 0 spiro atoms. The third kappa shape index (κ3) is 2.88. The minimum Gasteiger partial charge on any atom is -0.412 e. The summed E-state index contributed by atoms with van der Waals surface area (Å²) >= 11 is 9.23. The van der Waals surface area contributed by atoms with E-state index < -0.39 is 9.84 Å². The van der Waals surface area contributed by atoms with Gasteiger partial charge >= 0.3 is 0 Å². The lowest BCUT2D eigenvalue weighted by Gasteiger charge is -2.14. The molecule has 1 aliphatic rings. The van der Waals surface area contributed by atoms with E-state index in [9.17, 15) is 8.42 Å².